The molecule has 1 unspecified atom stereocenters. The van der Waals surface area contributed by atoms with Crippen LogP contribution in [0.2, 0.25) is 0 Å². The molecule has 4 aromatic rings. The van der Waals surface area contributed by atoms with Crippen LogP contribution >= 0.6 is 0 Å². The summed E-state index contributed by atoms with van der Waals surface area (Å²) in [6.07, 6.45) is 3.70. The van der Waals surface area contributed by atoms with Crippen LogP contribution in [0.15, 0.2) is 54.6 Å². The molecule has 0 bridgehead atoms. The number of aryl methyl sites for hydroxylation is 2. The molecule has 2 aromatic carbocycles. The summed E-state index contributed by atoms with van der Waals surface area (Å²) in [6.45, 7) is 8.31. The van der Waals surface area contributed by atoms with Crippen molar-refractivity contribution in [2.24, 2.45) is 11.8 Å². The number of carbonyl (C=O) groups is 1. The first-order valence-electron chi connectivity index (χ1n) is 12.3. The molecule has 1 atom stereocenters. The lowest BCUT2D eigenvalue weighted by Gasteiger charge is -2.15. The average molecular weight is 471 g/mol. The Kier molecular flexibility index (Phi) is 7.51. The lowest BCUT2D eigenvalue weighted by atomic mass is 9.95. The molecule has 0 saturated heterocycles. The number of amides is 1. The number of benzene rings is 2. The number of para-hydroxylation sites is 1. The van der Waals surface area contributed by atoms with E-state index in [1.165, 1.54) is 0 Å². The molecule has 35 heavy (non-hydrogen) atoms. The first kappa shape index (κ1) is 24.5. The zero-order valence-corrected chi connectivity index (χ0v) is 20.9. The van der Waals surface area contributed by atoms with E-state index in [0.29, 0.717) is 11.7 Å². The van der Waals surface area contributed by atoms with Crippen LogP contribution in [0.4, 0.5) is 5.82 Å². The van der Waals surface area contributed by atoms with E-state index in [4.69, 9.17) is 15.7 Å². The second-order valence-corrected chi connectivity index (χ2v) is 9.14. The molecule has 182 valence electrons. The Morgan fingerprint density at radius 3 is 2.60 bits per heavy atom. The van der Waals surface area contributed by atoms with Gasteiger partial charge in [0.25, 0.3) is 0 Å². The Balaban J connectivity index is 1.90. The normalized spacial score (nSPS) is 12.0. The number of unbranched alkanes of at least 4 members (excludes halogenated alkanes) is 1. The molecule has 0 fully saturated rings. The molecule has 0 spiro atoms. The number of anilines is 1. The van der Waals surface area contributed by atoms with Crippen LogP contribution in [0, 0.1) is 19.8 Å². The number of pyridine rings is 1. The highest BCUT2D eigenvalue weighted by atomic mass is 16.6. The second kappa shape index (κ2) is 10.7. The van der Waals surface area contributed by atoms with Crippen molar-refractivity contribution in [1.82, 2.24) is 9.97 Å². The van der Waals surface area contributed by atoms with Crippen LogP contribution in [0.1, 0.15) is 50.7 Å². The van der Waals surface area contributed by atoms with Crippen molar-refractivity contribution in [3.05, 3.63) is 65.7 Å². The van der Waals surface area contributed by atoms with Crippen LogP contribution in [0.25, 0.3) is 33.3 Å². The number of aromatic amines is 1. The standard InChI is InChI=1S/C29H34N4O2/c1-5-7-10-20(6-2)28(34)32-27-26(24-16-14-21-11-8-9-12-23(21)31-24)25(29(33-27)35-30)22-15-13-18(3)17-19(22)4/h8-9,11-17,20,33H,5-7,10,30H2,1-4H3,(H,32,34). The second-order valence-electron chi connectivity index (χ2n) is 9.14. The van der Waals surface area contributed by atoms with E-state index < -0.39 is 0 Å². The molecule has 2 aromatic heterocycles. The fraction of sp³-hybridized carbons (Fsp3) is 0.310. The highest BCUT2D eigenvalue weighted by Crippen LogP contribution is 2.45. The number of hydrogen-bond donors (Lipinski definition) is 3. The van der Waals surface area contributed by atoms with E-state index in [-0.39, 0.29) is 11.8 Å². The maximum Gasteiger partial charge on any atom is 0.228 e. The average Bonchev–Trinajstić information content (AvgIpc) is 3.22. The highest BCUT2D eigenvalue weighted by Gasteiger charge is 2.26. The molecule has 0 radical (unpaired) electrons. The number of nitrogens with one attached hydrogen (secondary N) is 2. The number of fused-ring (bicyclic) bond motifs is 1. The summed E-state index contributed by atoms with van der Waals surface area (Å²) < 4.78 is 0. The molecular formula is C29H34N4O2. The molecular weight excluding hydrogens is 436 g/mol. The van der Waals surface area contributed by atoms with Crippen molar-refractivity contribution in [1.29, 1.82) is 0 Å². The fourth-order valence-electron chi connectivity index (χ4n) is 4.67. The monoisotopic (exact) mass is 470 g/mol. The predicted molar refractivity (Wildman–Crippen MR) is 143 cm³/mol. The molecule has 4 N–H and O–H groups in total. The van der Waals surface area contributed by atoms with Crippen molar-refractivity contribution < 1.29 is 9.63 Å². The van der Waals surface area contributed by atoms with Gasteiger partial charge in [0.15, 0.2) is 0 Å². The first-order valence-corrected chi connectivity index (χ1v) is 12.3. The first-order chi connectivity index (χ1) is 17.0. The molecule has 2 heterocycles. The topological polar surface area (TPSA) is 93.0 Å². The Morgan fingerprint density at radius 2 is 1.89 bits per heavy atom. The van der Waals surface area contributed by atoms with Gasteiger partial charge in [-0.05, 0) is 49.9 Å². The summed E-state index contributed by atoms with van der Waals surface area (Å²) >= 11 is 0. The van der Waals surface area contributed by atoms with Crippen molar-refractivity contribution >= 4 is 22.6 Å². The van der Waals surface area contributed by atoms with E-state index in [2.05, 4.69) is 56.2 Å². The van der Waals surface area contributed by atoms with Gasteiger partial charge in [-0.15, -0.1) is 0 Å². The van der Waals surface area contributed by atoms with Gasteiger partial charge in [-0.25, -0.2) is 4.98 Å². The number of nitrogens with zero attached hydrogens (tertiary/aromatic N) is 1. The summed E-state index contributed by atoms with van der Waals surface area (Å²) in [5.74, 6) is 6.59. The highest BCUT2D eigenvalue weighted by molar-refractivity contribution is 6.02. The van der Waals surface area contributed by atoms with Crippen LogP contribution in [0.3, 0.4) is 0 Å². The minimum Gasteiger partial charge on any atom is -0.392 e. The molecule has 0 aliphatic carbocycles. The smallest absolute Gasteiger partial charge is 0.228 e. The minimum absolute atomic E-state index is 0.0139. The molecule has 6 nitrogen and oxygen atoms in total. The van der Waals surface area contributed by atoms with Crippen LogP contribution in [-0.2, 0) is 4.79 Å². The van der Waals surface area contributed by atoms with Crippen LogP contribution < -0.4 is 16.1 Å². The summed E-state index contributed by atoms with van der Waals surface area (Å²) in [6, 6.07) is 18.2. The van der Waals surface area contributed by atoms with E-state index >= 15 is 0 Å². The van der Waals surface area contributed by atoms with Gasteiger partial charge in [-0.1, -0.05) is 74.7 Å². The van der Waals surface area contributed by atoms with E-state index in [1.54, 1.807) is 0 Å². The van der Waals surface area contributed by atoms with E-state index in [9.17, 15) is 4.79 Å². The Labute approximate surface area is 206 Å². The number of rotatable bonds is 9. The van der Waals surface area contributed by atoms with Crippen molar-refractivity contribution in [2.75, 3.05) is 5.32 Å². The number of aromatic nitrogens is 2. The van der Waals surface area contributed by atoms with Gasteiger partial charge in [0.2, 0.25) is 11.8 Å². The number of carbonyl (C=O) groups excluding carboxylic acids is 1. The summed E-state index contributed by atoms with van der Waals surface area (Å²) in [5.41, 5.74) is 6.37. The Morgan fingerprint density at radius 1 is 1.09 bits per heavy atom. The summed E-state index contributed by atoms with van der Waals surface area (Å²) in [7, 11) is 0. The van der Waals surface area contributed by atoms with Gasteiger partial charge in [0.1, 0.15) is 5.82 Å². The third kappa shape index (κ3) is 5.08. The van der Waals surface area contributed by atoms with Crippen molar-refractivity contribution in [2.45, 2.75) is 53.4 Å². The van der Waals surface area contributed by atoms with E-state index in [1.807, 2.05) is 36.4 Å². The molecule has 1 amide bonds. The predicted octanol–water partition coefficient (Wildman–Crippen LogP) is 6.92. The zero-order chi connectivity index (χ0) is 24.9. The lowest BCUT2D eigenvalue weighted by molar-refractivity contribution is -0.120. The molecule has 0 aliphatic heterocycles. The zero-order valence-electron chi connectivity index (χ0n) is 20.9. The maximum absolute atomic E-state index is 13.3. The van der Waals surface area contributed by atoms with Gasteiger partial charge in [0.05, 0.1) is 22.3 Å². The quantitative estimate of drug-likeness (QED) is 0.231. The summed E-state index contributed by atoms with van der Waals surface area (Å²) in [4.78, 5) is 26.8. The number of hydrogen-bond acceptors (Lipinski definition) is 4. The largest absolute Gasteiger partial charge is 0.392 e. The fourth-order valence-corrected chi connectivity index (χ4v) is 4.67. The number of nitrogens with two attached hydrogens (primary N) is 1. The van der Waals surface area contributed by atoms with Crippen LogP contribution in [-0.4, -0.2) is 15.9 Å². The van der Waals surface area contributed by atoms with Crippen molar-refractivity contribution in [3.8, 4) is 28.3 Å². The third-order valence-electron chi connectivity index (χ3n) is 6.61. The molecule has 0 saturated carbocycles. The summed E-state index contributed by atoms with van der Waals surface area (Å²) in [5, 5.41) is 4.19. The number of H-pyrrole nitrogens is 1. The minimum atomic E-state index is -0.0672. The SMILES string of the molecule is CCCCC(CC)C(=O)Nc1[nH]c(ON)c(-c2ccc(C)cc2C)c1-c1ccc2ccccc2n1. The van der Waals surface area contributed by atoms with Gasteiger partial charge in [-0.3, -0.25) is 4.79 Å². The third-order valence-corrected chi connectivity index (χ3v) is 6.61. The molecule has 0 aliphatic rings. The lowest BCUT2D eigenvalue weighted by Crippen LogP contribution is -2.23. The van der Waals surface area contributed by atoms with Gasteiger partial charge < -0.3 is 15.1 Å². The van der Waals surface area contributed by atoms with Crippen molar-refractivity contribution in [3.63, 3.8) is 0 Å². The van der Waals surface area contributed by atoms with Crippen LogP contribution in [0.5, 0.6) is 5.88 Å². The van der Waals surface area contributed by atoms with Gasteiger partial charge in [-0.2, -0.15) is 5.90 Å². The molecule has 4 rings (SSSR count). The van der Waals surface area contributed by atoms with E-state index in [0.717, 1.165) is 70.1 Å². The Hall–Kier alpha value is -3.64. The maximum atomic E-state index is 13.3. The van der Waals surface area contributed by atoms with Gasteiger partial charge >= 0.3 is 0 Å². The Bertz CT molecular complexity index is 1340. The van der Waals surface area contributed by atoms with Gasteiger partial charge in [0, 0.05) is 11.3 Å². The molecule has 6 heteroatoms.